The van der Waals surface area contributed by atoms with Crippen LogP contribution in [0.3, 0.4) is 0 Å². The molecule has 12 heteroatoms. The highest BCUT2D eigenvalue weighted by molar-refractivity contribution is 5.87. The van der Waals surface area contributed by atoms with Crippen LogP contribution in [0.2, 0.25) is 0 Å². The van der Waals surface area contributed by atoms with Crippen LogP contribution in [-0.2, 0) is 20.0 Å². The Kier molecular flexibility index (Phi) is 9.34. The number of nitrogens with zero attached hydrogens (tertiary/aromatic N) is 2. The molecule has 2 aromatic rings. The number of rotatable bonds is 4. The number of amides is 2. The highest BCUT2D eigenvalue weighted by atomic mass is 19.4. The summed E-state index contributed by atoms with van der Waals surface area (Å²) >= 11 is 0. The monoisotopic (exact) mass is 537 g/mol. The van der Waals surface area contributed by atoms with Crippen LogP contribution < -0.4 is 10.4 Å². The number of anilines is 1. The quantitative estimate of drug-likeness (QED) is 0.349. The summed E-state index contributed by atoms with van der Waals surface area (Å²) in [7, 11) is 0. The number of piperazine rings is 1. The summed E-state index contributed by atoms with van der Waals surface area (Å²) < 4.78 is 31.7. The Labute approximate surface area is 217 Å². The largest absolute Gasteiger partial charge is 0.490 e. The van der Waals surface area contributed by atoms with Crippen LogP contribution in [0, 0.1) is 11.8 Å². The van der Waals surface area contributed by atoms with Gasteiger partial charge in [-0.05, 0) is 37.0 Å². The highest BCUT2D eigenvalue weighted by Crippen LogP contribution is 2.43. The fourth-order valence-electron chi connectivity index (χ4n) is 4.93. The number of aliphatic hydroxyl groups is 1. The van der Waals surface area contributed by atoms with Gasteiger partial charge in [0.05, 0.1) is 17.4 Å². The van der Waals surface area contributed by atoms with Crippen LogP contribution in [0.5, 0.6) is 0 Å². The van der Waals surface area contributed by atoms with Gasteiger partial charge in [0.15, 0.2) is 0 Å². The molecule has 38 heavy (non-hydrogen) atoms. The molecule has 206 valence electrons. The molecule has 4 N–H and O–H groups in total. The Balaban J connectivity index is 0.000000505. The summed E-state index contributed by atoms with van der Waals surface area (Å²) in [5.41, 5.74) is 2.38. The molecule has 2 amide bonds. The minimum atomic E-state index is -5.08. The van der Waals surface area contributed by atoms with Gasteiger partial charge in [-0.1, -0.05) is 48.5 Å². The second-order valence-electron chi connectivity index (χ2n) is 9.28. The second kappa shape index (κ2) is 12.3. The zero-order chi connectivity index (χ0) is 27.9. The maximum atomic E-state index is 13.3. The van der Waals surface area contributed by atoms with E-state index in [0.717, 1.165) is 24.3 Å². The average molecular weight is 538 g/mol. The summed E-state index contributed by atoms with van der Waals surface area (Å²) in [5.74, 6) is -4.79. The van der Waals surface area contributed by atoms with Gasteiger partial charge in [0.2, 0.25) is 11.8 Å². The lowest BCUT2D eigenvalue weighted by atomic mass is 9.68. The summed E-state index contributed by atoms with van der Waals surface area (Å²) in [5, 5.41) is 27.6. The first-order valence-corrected chi connectivity index (χ1v) is 12.1. The zero-order valence-corrected chi connectivity index (χ0v) is 20.5. The van der Waals surface area contributed by atoms with Gasteiger partial charge < -0.3 is 20.0 Å². The molecule has 0 spiro atoms. The third-order valence-electron chi connectivity index (χ3n) is 6.94. The Morgan fingerprint density at radius 1 is 0.895 bits per heavy atom. The van der Waals surface area contributed by atoms with Gasteiger partial charge >= 0.3 is 12.1 Å². The summed E-state index contributed by atoms with van der Waals surface area (Å²) in [6.07, 6.45) is -4.20. The van der Waals surface area contributed by atoms with E-state index in [1.54, 1.807) is 5.48 Å². The molecule has 1 saturated heterocycles. The number of benzene rings is 2. The number of nitrogens with one attached hydrogen (secondary N) is 1. The maximum Gasteiger partial charge on any atom is 0.490 e. The molecule has 2 fully saturated rings. The molecule has 0 unspecified atom stereocenters. The molecule has 1 aliphatic carbocycles. The summed E-state index contributed by atoms with van der Waals surface area (Å²) in [6, 6.07) is 19.3. The first kappa shape index (κ1) is 28.9. The molecule has 2 aromatic carbocycles. The van der Waals surface area contributed by atoms with Gasteiger partial charge in [-0.15, -0.1) is 0 Å². The van der Waals surface area contributed by atoms with Crippen molar-refractivity contribution in [3.63, 3.8) is 0 Å². The van der Waals surface area contributed by atoms with Crippen LogP contribution in [0.25, 0.3) is 0 Å². The smallest absolute Gasteiger partial charge is 0.475 e. The first-order valence-electron chi connectivity index (χ1n) is 12.1. The van der Waals surface area contributed by atoms with Crippen molar-refractivity contribution in [1.82, 2.24) is 10.4 Å². The first-order chi connectivity index (χ1) is 18.0. The lowest BCUT2D eigenvalue weighted by Crippen LogP contribution is -2.54. The number of carbonyl (C=O) groups is 3. The number of carbonyl (C=O) groups excluding carboxylic acids is 2. The standard InChI is InChI=1S/C24H29N3O4.C2HF3O2/c28-22(25-31)21-17-24(30,18-7-3-1-4-8-18)12-11-20(21)23(29)27-15-13-26(14-16-27)19-9-5-2-6-10-19;3-2(4,5)1(6)7/h1-10,20-21,30-31H,11-17H2,(H,25,28);(H,6,7)/t20-,21-,24+;/m0./s1. The number of carboxylic acids is 1. The van der Waals surface area contributed by atoms with Crippen LogP contribution in [0.4, 0.5) is 18.9 Å². The molecule has 1 saturated carbocycles. The Morgan fingerprint density at radius 3 is 1.92 bits per heavy atom. The van der Waals surface area contributed by atoms with E-state index in [2.05, 4.69) is 17.0 Å². The predicted octanol–water partition coefficient (Wildman–Crippen LogP) is 2.78. The molecule has 9 nitrogen and oxygen atoms in total. The van der Waals surface area contributed by atoms with Crippen molar-refractivity contribution in [1.29, 1.82) is 0 Å². The van der Waals surface area contributed by atoms with Gasteiger partial charge in [-0.2, -0.15) is 13.2 Å². The fourth-order valence-corrected chi connectivity index (χ4v) is 4.93. The van der Waals surface area contributed by atoms with E-state index in [0.29, 0.717) is 25.9 Å². The Bertz CT molecular complexity index is 1090. The third kappa shape index (κ3) is 7.01. The van der Waals surface area contributed by atoms with Crippen molar-refractivity contribution in [2.45, 2.75) is 31.0 Å². The van der Waals surface area contributed by atoms with Crippen molar-refractivity contribution in [3.8, 4) is 0 Å². The summed E-state index contributed by atoms with van der Waals surface area (Å²) in [4.78, 5) is 38.8. The predicted molar refractivity (Wildman–Crippen MR) is 130 cm³/mol. The highest BCUT2D eigenvalue weighted by Gasteiger charge is 2.47. The number of alkyl halides is 3. The number of para-hydroxylation sites is 1. The Hall–Kier alpha value is -3.64. The van der Waals surface area contributed by atoms with Gasteiger partial charge in [-0.3, -0.25) is 14.8 Å². The van der Waals surface area contributed by atoms with Crippen LogP contribution in [0.15, 0.2) is 60.7 Å². The SMILES string of the molecule is O=C(NO)[C@H]1C[C@@](O)(c2ccccc2)CC[C@@H]1C(=O)N1CCN(c2ccccc2)CC1.O=C(O)C(F)(F)F. The molecule has 1 aliphatic heterocycles. The maximum absolute atomic E-state index is 13.3. The average Bonchev–Trinajstić information content (AvgIpc) is 2.93. The van der Waals surface area contributed by atoms with E-state index >= 15 is 0 Å². The molecule has 3 atom stereocenters. The third-order valence-corrected chi connectivity index (χ3v) is 6.94. The van der Waals surface area contributed by atoms with E-state index in [4.69, 9.17) is 9.90 Å². The van der Waals surface area contributed by atoms with E-state index in [1.165, 1.54) is 0 Å². The molecule has 0 aromatic heterocycles. The number of aliphatic carboxylic acids is 1. The number of hydrogen-bond acceptors (Lipinski definition) is 6. The Morgan fingerprint density at radius 2 is 1.42 bits per heavy atom. The van der Waals surface area contributed by atoms with E-state index in [1.807, 2.05) is 53.4 Å². The molecule has 2 aliphatic rings. The van der Waals surface area contributed by atoms with E-state index < -0.39 is 35.5 Å². The van der Waals surface area contributed by atoms with Crippen molar-refractivity contribution in [2.75, 3.05) is 31.1 Å². The molecule has 0 radical (unpaired) electrons. The topological polar surface area (TPSA) is 130 Å². The lowest BCUT2D eigenvalue weighted by Gasteiger charge is -2.43. The van der Waals surface area contributed by atoms with Gasteiger partial charge in [0.25, 0.3) is 0 Å². The zero-order valence-electron chi connectivity index (χ0n) is 20.5. The lowest BCUT2D eigenvalue weighted by molar-refractivity contribution is -0.192. The second-order valence-corrected chi connectivity index (χ2v) is 9.28. The van der Waals surface area contributed by atoms with Gasteiger partial charge in [0, 0.05) is 31.9 Å². The number of carboxylic acid groups (broad SMARTS) is 1. The molecule has 0 bridgehead atoms. The van der Waals surface area contributed by atoms with Crippen molar-refractivity contribution < 1.29 is 43.0 Å². The minimum absolute atomic E-state index is 0.0728. The minimum Gasteiger partial charge on any atom is -0.475 e. The van der Waals surface area contributed by atoms with Crippen molar-refractivity contribution in [3.05, 3.63) is 66.2 Å². The molecular formula is C26H30F3N3O6. The van der Waals surface area contributed by atoms with Crippen LogP contribution in [0.1, 0.15) is 24.8 Å². The number of hydrogen-bond donors (Lipinski definition) is 4. The molecule has 4 rings (SSSR count). The summed E-state index contributed by atoms with van der Waals surface area (Å²) in [6.45, 7) is 2.63. The number of halogens is 3. The van der Waals surface area contributed by atoms with Crippen LogP contribution >= 0.6 is 0 Å². The van der Waals surface area contributed by atoms with Crippen LogP contribution in [-0.4, -0.2) is 70.5 Å². The fraction of sp³-hybridized carbons (Fsp3) is 0.423. The molecular weight excluding hydrogens is 507 g/mol. The van der Waals surface area contributed by atoms with E-state index in [-0.39, 0.29) is 12.3 Å². The van der Waals surface area contributed by atoms with E-state index in [9.17, 15) is 33.1 Å². The number of hydroxylamine groups is 1. The van der Waals surface area contributed by atoms with Crippen molar-refractivity contribution >= 4 is 23.5 Å². The van der Waals surface area contributed by atoms with Crippen molar-refractivity contribution in [2.24, 2.45) is 11.8 Å². The van der Waals surface area contributed by atoms with Gasteiger partial charge in [-0.25, -0.2) is 10.3 Å². The normalized spacial score (nSPS) is 23.6. The molecule has 1 heterocycles. The van der Waals surface area contributed by atoms with Gasteiger partial charge in [0.1, 0.15) is 0 Å².